The molecule has 162 valence electrons. The number of carbonyl (C=O) groups is 2. The highest BCUT2D eigenvalue weighted by Crippen LogP contribution is 2.28. The van der Waals surface area contributed by atoms with Crippen LogP contribution in [0, 0.1) is 0 Å². The number of benzene rings is 2. The molecule has 0 fully saturated rings. The molecule has 0 radical (unpaired) electrons. The summed E-state index contributed by atoms with van der Waals surface area (Å²) in [5.74, 6) is 0.701. The molecular formula is C23H30N2O5. The SMILES string of the molecule is CCOC(=O)c1ccccc1NC(=O)CN(CC)Cc1ccc(OCC)c(OC)c1. The lowest BCUT2D eigenvalue weighted by Crippen LogP contribution is -2.33. The van der Waals surface area contributed by atoms with E-state index in [0.29, 0.717) is 42.4 Å². The number of carbonyl (C=O) groups excluding carboxylic acids is 2. The summed E-state index contributed by atoms with van der Waals surface area (Å²) in [5, 5.41) is 2.82. The summed E-state index contributed by atoms with van der Waals surface area (Å²) < 4.78 is 16.0. The minimum Gasteiger partial charge on any atom is -0.493 e. The molecule has 0 aromatic heterocycles. The Morgan fingerprint density at radius 1 is 1.00 bits per heavy atom. The van der Waals surface area contributed by atoms with Crippen molar-refractivity contribution in [2.24, 2.45) is 0 Å². The summed E-state index contributed by atoms with van der Waals surface area (Å²) in [6.07, 6.45) is 0. The zero-order valence-corrected chi connectivity index (χ0v) is 18.1. The van der Waals surface area contributed by atoms with Crippen molar-refractivity contribution in [2.75, 3.05) is 38.7 Å². The summed E-state index contributed by atoms with van der Waals surface area (Å²) in [4.78, 5) is 26.7. The third-order valence-corrected chi connectivity index (χ3v) is 4.44. The van der Waals surface area contributed by atoms with Crippen molar-refractivity contribution in [1.29, 1.82) is 0 Å². The molecule has 1 N–H and O–H groups in total. The molecule has 0 unspecified atom stereocenters. The molecule has 2 rings (SSSR count). The summed E-state index contributed by atoms with van der Waals surface area (Å²) in [7, 11) is 1.60. The first-order valence-corrected chi connectivity index (χ1v) is 10.1. The quantitative estimate of drug-likeness (QED) is 0.565. The molecule has 7 heteroatoms. The predicted octanol–water partition coefficient (Wildman–Crippen LogP) is 3.73. The summed E-state index contributed by atoms with van der Waals surface area (Å²) in [6.45, 7) is 7.93. The van der Waals surface area contributed by atoms with Gasteiger partial charge < -0.3 is 19.5 Å². The fourth-order valence-corrected chi connectivity index (χ4v) is 2.99. The van der Waals surface area contributed by atoms with Crippen LogP contribution in [0.15, 0.2) is 42.5 Å². The normalized spacial score (nSPS) is 10.6. The highest BCUT2D eigenvalue weighted by Gasteiger charge is 2.16. The predicted molar refractivity (Wildman–Crippen MR) is 116 cm³/mol. The monoisotopic (exact) mass is 414 g/mol. The number of anilines is 1. The molecule has 0 aliphatic heterocycles. The van der Waals surface area contributed by atoms with E-state index in [-0.39, 0.29) is 19.1 Å². The number of esters is 1. The van der Waals surface area contributed by atoms with Crippen molar-refractivity contribution in [3.8, 4) is 11.5 Å². The fourth-order valence-electron chi connectivity index (χ4n) is 2.99. The van der Waals surface area contributed by atoms with Crippen molar-refractivity contribution >= 4 is 17.6 Å². The Morgan fingerprint density at radius 3 is 2.43 bits per heavy atom. The van der Waals surface area contributed by atoms with Crippen LogP contribution in [0.4, 0.5) is 5.69 Å². The van der Waals surface area contributed by atoms with Gasteiger partial charge in [0.2, 0.25) is 5.91 Å². The van der Waals surface area contributed by atoms with Crippen molar-refractivity contribution in [3.05, 3.63) is 53.6 Å². The number of amides is 1. The Morgan fingerprint density at radius 2 is 1.77 bits per heavy atom. The summed E-state index contributed by atoms with van der Waals surface area (Å²) in [5.41, 5.74) is 1.80. The van der Waals surface area contributed by atoms with E-state index in [9.17, 15) is 9.59 Å². The lowest BCUT2D eigenvalue weighted by molar-refractivity contribution is -0.117. The lowest BCUT2D eigenvalue weighted by atomic mass is 10.1. The van der Waals surface area contributed by atoms with Crippen LogP contribution >= 0.6 is 0 Å². The van der Waals surface area contributed by atoms with E-state index >= 15 is 0 Å². The second-order valence-corrected chi connectivity index (χ2v) is 6.54. The molecule has 0 atom stereocenters. The molecule has 2 aromatic rings. The standard InChI is InChI=1S/C23H30N2O5/c1-5-25(15-17-12-13-20(29-6-2)21(14-17)28-4)16-22(26)24-19-11-9-8-10-18(19)23(27)30-7-3/h8-14H,5-7,15-16H2,1-4H3,(H,24,26). The maximum atomic E-state index is 12.6. The van der Waals surface area contributed by atoms with E-state index in [1.165, 1.54) is 0 Å². The molecule has 0 bridgehead atoms. The Kier molecular flexibility index (Phi) is 9.15. The van der Waals surface area contributed by atoms with Gasteiger partial charge in [-0.2, -0.15) is 0 Å². The van der Waals surface area contributed by atoms with Gasteiger partial charge in [0.15, 0.2) is 11.5 Å². The molecule has 0 heterocycles. The first-order valence-electron chi connectivity index (χ1n) is 10.1. The number of methoxy groups -OCH3 is 1. The Balaban J connectivity index is 2.05. The summed E-state index contributed by atoms with van der Waals surface area (Å²) in [6, 6.07) is 12.6. The number of rotatable bonds is 11. The molecule has 0 saturated heterocycles. The number of nitrogens with zero attached hydrogens (tertiary/aromatic N) is 1. The molecule has 1 amide bonds. The van der Waals surface area contributed by atoms with Gasteiger partial charge in [0.05, 0.1) is 38.1 Å². The highest BCUT2D eigenvalue weighted by molar-refractivity contribution is 6.01. The number of likely N-dealkylation sites (N-methyl/N-ethyl adjacent to an activating group) is 1. The smallest absolute Gasteiger partial charge is 0.340 e. The second-order valence-electron chi connectivity index (χ2n) is 6.54. The number of para-hydroxylation sites is 1. The van der Waals surface area contributed by atoms with E-state index in [0.717, 1.165) is 5.56 Å². The zero-order chi connectivity index (χ0) is 21.9. The Hall–Kier alpha value is -3.06. The molecule has 2 aromatic carbocycles. The average molecular weight is 415 g/mol. The van der Waals surface area contributed by atoms with Gasteiger partial charge in [-0.05, 0) is 50.2 Å². The zero-order valence-electron chi connectivity index (χ0n) is 18.1. The Labute approximate surface area is 177 Å². The van der Waals surface area contributed by atoms with E-state index in [1.54, 1.807) is 38.3 Å². The van der Waals surface area contributed by atoms with Crippen molar-refractivity contribution in [2.45, 2.75) is 27.3 Å². The van der Waals surface area contributed by atoms with Gasteiger partial charge >= 0.3 is 5.97 Å². The first kappa shape index (κ1) is 23.2. The molecule has 0 saturated carbocycles. The van der Waals surface area contributed by atoms with Gasteiger partial charge in [-0.1, -0.05) is 25.1 Å². The molecule has 0 spiro atoms. The number of nitrogens with one attached hydrogen (secondary N) is 1. The maximum Gasteiger partial charge on any atom is 0.340 e. The minimum atomic E-state index is -0.456. The van der Waals surface area contributed by atoms with Crippen molar-refractivity contribution in [1.82, 2.24) is 4.90 Å². The van der Waals surface area contributed by atoms with Crippen LogP contribution in [0.2, 0.25) is 0 Å². The number of hydrogen-bond acceptors (Lipinski definition) is 6. The molecule has 30 heavy (non-hydrogen) atoms. The van der Waals surface area contributed by atoms with E-state index < -0.39 is 5.97 Å². The number of hydrogen-bond donors (Lipinski definition) is 1. The van der Waals surface area contributed by atoms with Gasteiger partial charge in [0.1, 0.15) is 0 Å². The molecule has 0 aliphatic rings. The fraction of sp³-hybridized carbons (Fsp3) is 0.391. The second kappa shape index (κ2) is 11.8. The van der Waals surface area contributed by atoms with Crippen LogP contribution in [0.5, 0.6) is 11.5 Å². The summed E-state index contributed by atoms with van der Waals surface area (Å²) >= 11 is 0. The lowest BCUT2D eigenvalue weighted by Gasteiger charge is -2.21. The minimum absolute atomic E-state index is 0.184. The third-order valence-electron chi connectivity index (χ3n) is 4.44. The van der Waals surface area contributed by atoms with Crippen molar-refractivity contribution < 1.29 is 23.8 Å². The van der Waals surface area contributed by atoms with Crippen LogP contribution in [0.3, 0.4) is 0 Å². The topological polar surface area (TPSA) is 77.1 Å². The largest absolute Gasteiger partial charge is 0.493 e. The van der Waals surface area contributed by atoms with Gasteiger partial charge in [0.25, 0.3) is 0 Å². The Bertz CT molecular complexity index is 853. The average Bonchev–Trinajstić information content (AvgIpc) is 2.74. The van der Waals surface area contributed by atoms with Crippen LogP contribution in [0.1, 0.15) is 36.7 Å². The first-order chi connectivity index (χ1) is 14.5. The third kappa shape index (κ3) is 6.49. The highest BCUT2D eigenvalue weighted by atomic mass is 16.5. The van der Waals surface area contributed by atoms with Crippen LogP contribution in [-0.2, 0) is 16.1 Å². The van der Waals surface area contributed by atoms with Gasteiger partial charge in [0, 0.05) is 6.54 Å². The van der Waals surface area contributed by atoms with E-state index in [2.05, 4.69) is 5.32 Å². The van der Waals surface area contributed by atoms with E-state index in [4.69, 9.17) is 14.2 Å². The van der Waals surface area contributed by atoms with Gasteiger partial charge in [-0.3, -0.25) is 9.69 Å². The molecular weight excluding hydrogens is 384 g/mol. The van der Waals surface area contributed by atoms with Gasteiger partial charge in [-0.25, -0.2) is 4.79 Å². The van der Waals surface area contributed by atoms with Gasteiger partial charge in [-0.15, -0.1) is 0 Å². The van der Waals surface area contributed by atoms with Crippen molar-refractivity contribution in [3.63, 3.8) is 0 Å². The molecule has 0 aliphatic carbocycles. The van der Waals surface area contributed by atoms with Crippen LogP contribution in [-0.4, -0.2) is 50.2 Å². The maximum absolute atomic E-state index is 12.6. The number of ether oxygens (including phenoxy) is 3. The van der Waals surface area contributed by atoms with E-state index in [1.807, 2.05) is 36.9 Å². The van der Waals surface area contributed by atoms with Crippen LogP contribution in [0.25, 0.3) is 0 Å². The molecule has 7 nitrogen and oxygen atoms in total. The van der Waals surface area contributed by atoms with Crippen LogP contribution < -0.4 is 14.8 Å².